The van der Waals surface area contributed by atoms with Crippen LogP contribution < -0.4 is 10.6 Å². The van der Waals surface area contributed by atoms with Crippen molar-refractivity contribution in [2.24, 2.45) is 4.99 Å². The fourth-order valence-corrected chi connectivity index (χ4v) is 1.97. The summed E-state index contributed by atoms with van der Waals surface area (Å²) in [5.41, 5.74) is -1.14. The highest BCUT2D eigenvalue weighted by molar-refractivity contribution is 5.68. The number of aromatic nitrogens is 2. The van der Waals surface area contributed by atoms with E-state index in [1.165, 1.54) is 6.34 Å². The minimum absolute atomic E-state index is 0.0313. The molecule has 0 saturated heterocycles. The molecule has 16 nitrogen and oxygen atoms in total. The molecule has 1 aromatic heterocycles. The summed E-state index contributed by atoms with van der Waals surface area (Å²) >= 11 is 0. The Bertz CT molecular complexity index is 945. The third-order valence-electron chi connectivity index (χ3n) is 3.15. The van der Waals surface area contributed by atoms with Crippen molar-refractivity contribution < 1.29 is 42.8 Å². The Morgan fingerprint density at radius 2 is 1.72 bits per heavy atom. The summed E-state index contributed by atoms with van der Waals surface area (Å²) in [6, 6.07) is 1.71. The number of rotatable bonds is 6. The van der Waals surface area contributed by atoms with Gasteiger partial charge in [-0.15, -0.1) is 0 Å². The van der Waals surface area contributed by atoms with Gasteiger partial charge in [0.1, 0.15) is 23.8 Å². The number of amides is 2. The topological polar surface area (TPSA) is 200 Å². The molecule has 200 valence electrons. The first-order valence-corrected chi connectivity index (χ1v) is 10.7. The van der Waals surface area contributed by atoms with E-state index in [0.717, 1.165) is 5.23 Å². The molecular formula is C20H31N7O9. The van der Waals surface area contributed by atoms with Crippen LogP contribution in [0.25, 0.3) is 0 Å². The fourth-order valence-electron chi connectivity index (χ4n) is 1.97. The Kier molecular flexibility index (Phi) is 11.4. The number of hydrogen-bond donors (Lipinski definition) is 2. The maximum atomic E-state index is 11.4. The standard InChI is InChI=1S/C11H19N3O6.C9H12N4O3/c1-5-17-10(16)20-14-7-13-8(19-14)6-12-9(15)18-11(2,3)4;1-9(2,3)15-8(14)11-5-7-12-6(4-10)13-16-7/h7-8H,5-6H2,1-4H3,(H,12,15);5H2,1-3H3,(H,11,14). The molecule has 2 heterocycles. The third-order valence-corrected chi connectivity index (χ3v) is 3.15. The molecule has 1 atom stereocenters. The van der Waals surface area contributed by atoms with Crippen molar-refractivity contribution in [1.29, 1.82) is 5.26 Å². The predicted octanol–water partition coefficient (Wildman–Crippen LogP) is 2.17. The second kappa shape index (κ2) is 13.7. The smallest absolute Gasteiger partial charge is 0.444 e. The summed E-state index contributed by atoms with van der Waals surface area (Å²) < 4.78 is 19.3. The van der Waals surface area contributed by atoms with E-state index in [4.69, 9.17) is 19.6 Å². The maximum Gasteiger partial charge on any atom is 0.535 e. The Hall–Kier alpha value is -4.13. The van der Waals surface area contributed by atoms with Crippen LogP contribution >= 0.6 is 0 Å². The minimum atomic E-state index is -0.903. The van der Waals surface area contributed by atoms with Crippen LogP contribution in [-0.4, -0.2) is 70.6 Å². The molecule has 36 heavy (non-hydrogen) atoms. The first kappa shape index (κ1) is 29.9. The summed E-state index contributed by atoms with van der Waals surface area (Å²) in [5, 5.41) is 17.5. The van der Waals surface area contributed by atoms with Crippen LogP contribution in [-0.2, 0) is 30.4 Å². The zero-order valence-corrected chi connectivity index (χ0v) is 21.2. The minimum Gasteiger partial charge on any atom is -0.444 e. The third kappa shape index (κ3) is 13.5. The zero-order valence-electron chi connectivity index (χ0n) is 21.2. The van der Waals surface area contributed by atoms with E-state index in [1.54, 1.807) is 54.5 Å². The molecule has 1 aliphatic rings. The number of carbonyl (C=O) groups is 3. The molecule has 1 aromatic rings. The predicted molar refractivity (Wildman–Crippen MR) is 120 cm³/mol. The molecule has 0 saturated carbocycles. The van der Waals surface area contributed by atoms with E-state index < -0.39 is 35.8 Å². The van der Waals surface area contributed by atoms with Crippen molar-refractivity contribution in [3.63, 3.8) is 0 Å². The lowest BCUT2D eigenvalue weighted by Crippen LogP contribution is -2.37. The van der Waals surface area contributed by atoms with E-state index in [1.807, 2.05) is 0 Å². The fraction of sp³-hybridized carbons (Fsp3) is 0.650. The molecule has 1 aliphatic heterocycles. The second-order valence-corrected chi connectivity index (χ2v) is 8.75. The zero-order chi connectivity index (χ0) is 27.4. The average molecular weight is 514 g/mol. The van der Waals surface area contributed by atoms with Crippen LogP contribution in [0.2, 0.25) is 0 Å². The van der Waals surface area contributed by atoms with Crippen LogP contribution in [0.1, 0.15) is 60.2 Å². The summed E-state index contributed by atoms with van der Waals surface area (Å²) in [6.07, 6.45) is -1.60. The van der Waals surface area contributed by atoms with Gasteiger partial charge >= 0.3 is 18.3 Å². The highest BCUT2D eigenvalue weighted by Crippen LogP contribution is 2.09. The van der Waals surface area contributed by atoms with E-state index in [2.05, 4.69) is 39.9 Å². The maximum absolute atomic E-state index is 11.4. The van der Waals surface area contributed by atoms with Crippen molar-refractivity contribution in [3.05, 3.63) is 11.7 Å². The van der Waals surface area contributed by atoms with E-state index in [0.29, 0.717) is 0 Å². The first-order valence-electron chi connectivity index (χ1n) is 10.7. The molecule has 0 fully saturated rings. The van der Waals surface area contributed by atoms with Crippen molar-refractivity contribution in [1.82, 2.24) is 26.0 Å². The molecule has 2 N–H and O–H groups in total. The molecule has 0 spiro atoms. The summed E-state index contributed by atoms with van der Waals surface area (Å²) in [4.78, 5) is 50.9. The lowest BCUT2D eigenvalue weighted by molar-refractivity contribution is -0.291. The van der Waals surface area contributed by atoms with Crippen LogP contribution in [0.15, 0.2) is 9.52 Å². The normalized spacial score (nSPS) is 14.6. The molecule has 16 heteroatoms. The van der Waals surface area contributed by atoms with Crippen LogP contribution in [0.4, 0.5) is 14.4 Å². The lowest BCUT2D eigenvalue weighted by atomic mass is 10.2. The number of nitrogens with zero attached hydrogens (tertiary/aromatic N) is 5. The number of carbonyl (C=O) groups excluding carboxylic acids is 3. The molecule has 0 aromatic carbocycles. The molecule has 2 amide bonds. The molecular weight excluding hydrogens is 482 g/mol. The van der Waals surface area contributed by atoms with Gasteiger partial charge in [0.2, 0.25) is 5.89 Å². The number of hydrogen-bond acceptors (Lipinski definition) is 14. The van der Waals surface area contributed by atoms with Gasteiger partial charge < -0.3 is 29.4 Å². The molecule has 0 radical (unpaired) electrons. The van der Waals surface area contributed by atoms with Gasteiger partial charge in [-0.1, -0.05) is 5.23 Å². The van der Waals surface area contributed by atoms with Gasteiger partial charge in [-0.25, -0.2) is 24.2 Å². The largest absolute Gasteiger partial charge is 0.535 e. The van der Waals surface area contributed by atoms with Crippen LogP contribution in [0.3, 0.4) is 0 Å². The average Bonchev–Trinajstić information content (AvgIpc) is 3.38. The molecule has 0 bridgehead atoms. The Balaban J connectivity index is 0.000000369. The molecule has 2 rings (SSSR count). The highest BCUT2D eigenvalue weighted by Gasteiger charge is 2.24. The number of nitriles is 1. The van der Waals surface area contributed by atoms with E-state index in [9.17, 15) is 14.4 Å². The quantitative estimate of drug-likeness (QED) is 0.414. The Morgan fingerprint density at radius 1 is 1.11 bits per heavy atom. The Labute approximate surface area is 207 Å². The summed E-state index contributed by atoms with van der Waals surface area (Å²) in [7, 11) is 0. The van der Waals surface area contributed by atoms with Crippen molar-refractivity contribution >= 4 is 24.7 Å². The van der Waals surface area contributed by atoms with Crippen molar-refractivity contribution in [2.45, 2.75) is 72.4 Å². The number of hydroxylamine groups is 2. The molecule has 0 aliphatic carbocycles. The first-order chi connectivity index (χ1) is 16.7. The van der Waals surface area contributed by atoms with E-state index in [-0.39, 0.29) is 31.4 Å². The van der Waals surface area contributed by atoms with Gasteiger partial charge in [-0.3, -0.25) is 4.84 Å². The van der Waals surface area contributed by atoms with Crippen LogP contribution in [0.5, 0.6) is 0 Å². The van der Waals surface area contributed by atoms with Crippen LogP contribution in [0, 0.1) is 11.3 Å². The SMILES string of the molecule is CC(C)(C)OC(=O)NCc1nc(C#N)no1.CCOC(=O)ON1C=NC(CNC(=O)OC(C)(C)C)O1. The summed E-state index contributed by atoms with van der Waals surface area (Å²) in [6.45, 7) is 12.5. The van der Waals surface area contributed by atoms with Gasteiger partial charge in [0, 0.05) is 0 Å². The van der Waals surface area contributed by atoms with Gasteiger partial charge in [-0.05, 0) is 53.6 Å². The summed E-state index contributed by atoms with van der Waals surface area (Å²) in [5.74, 6) is 0.0865. The lowest BCUT2D eigenvalue weighted by Gasteiger charge is -2.20. The number of aliphatic imine (C=N–C) groups is 1. The number of ether oxygens (including phenoxy) is 3. The van der Waals surface area contributed by atoms with Gasteiger partial charge in [0.15, 0.2) is 12.6 Å². The monoisotopic (exact) mass is 513 g/mol. The number of alkyl carbamates (subject to hydrolysis) is 2. The van der Waals surface area contributed by atoms with Gasteiger partial charge in [0.25, 0.3) is 5.82 Å². The number of nitrogens with one attached hydrogen (secondary N) is 2. The highest BCUT2D eigenvalue weighted by atomic mass is 17.0. The Morgan fingerprint density at radius 3 is 2.25 bits per heavy atom. The van der Waals surface area contributed by atoms with E-state index >= 15 is 0 Å². The molecule has 1 unspecified atom stereocenters. The van der Waals surface area contributed by atoms with Gasteiger partial charge in [-0.2, -0.15) is 10.2 Å². The van der Waals surface area contributed by atoms with Crippen molar-refractivity contribution in [3.8, 4) is 6.07 Å². The second-order valence-electron chi connectivity index (χ2n) is 8.75. The van der Waals surface area contributed by atoms with Crippen molar-refractivity contribution in [2.75, 3.05) is 13.2 Å². The van der Waals surface area contributed by atoms with Gasteiger partial charge in [0.05, 0.1) is 13.2 Å².